The van der Waals surface area contributed by atoms with E-state index in [1.807, 2.05) is 0 Å². The summed E-state index contributed by atoms with van der Waals surface area (Å²) < 4.78 is 26.9. The fourth-order valence-electron chi connectivity index (χ4n) is 3.65. The Hall–Kier alpha value is -1.71. The Bertz CT molecular complexity index is 746. The molecule has 3 rings (SSSR count). The lowest BCUT2D eigenvalue weighted by Crippen LogP contribution is -2.36. The smallest absolute Gasteiger partial charge is 0.293 e. The molecule has 2 saturated heterocycles. The van der Waals surface area contributed by atoms with Crippen LogP contribution in [0.1, 0.15) is 32.1 Å². The number of nitro groups is 1. The summed E-state index contributed by atoms with van der Waals surface area (Å²) in [6.07, 6.45) is 4.23. The molecule has 0 saturated carbocycles. The summed E-state index contributed by atoms with van der Waals surface area (Å²) in [6, 6.07) is 3.94. The first-order valence-electron chi connectivity index (χ1n) is 8.61. The van der Waals surface area contributed by atoms with Gasteiger partial charge in [0.2, 0.25) is 10.0 Å². The van der Waals surface area contributed by atoms with E-state index in [0.717, 1.165) is 38.2 Å². The maximum Gasteiger partial charge on any atom is 0.293 e. The number of piperidine rings is 1. The van der Waals surface area contributed by atoms with Crippen LogP contribution in [0.5, 0.6) is 0 Å². The maximum atomic E-state index is 12.8. The van der Waals surface area contributed by atoms with E-state index in [1.54, 1.807) is 4.90 Å². The van der Waals surface area contributed by atoms with Gasteiger partial charge in [-0.25, -0.2) is 8.42 Å². The molecule has 0 amide bonds. The molecule has 2 heterocycles. The third-order valence-electron chi connectivity index (χ3n) is 4.99. The van der Waals surface area contributed by atoms with Crippen LogP contribution in [0.15, 0.2) is 23.1 Å². The standard InChI is InChI=1S/C16H23N3O5S/c20-12-13-5-4-10-18(13)15-7-6-14(11-16(15)19(21)22)25(23,24)17-8-2-1-3-9-17/h6-7,11,13,20H,1-5,8-10,12H2/t13-/m1/s1. The van der Waals surface area contributed by atoms with E-state index in [-0.39, 0.29) is 23.2 Å². The van der Waals surface area contributed by atoms with Crippen LogP contribution in [0.4, 0.5) is 11.4 Å². The average molecular weight is 369 g/mol. The fourth-order valence-corrected chi connectivity index (χ4v) is 5.19. The van der Waals surface area contributed by atoms with Gasteiger partial charge in [0.15, 0.2) is 0 Å². The monoisotopic (exact) mass is 369 g/mol. The van der Waals surface area contributed by atoms with E-state index >= 15 is 0 Å². The van der Waals surface area contributed by atoms with Crippen LogP contribution in [-0.2, 0) is 10.0 Å². The molecular weight excluding hydrogens is 346 g/mol. The van der Waals surface area contributed by atoms with Gasteiger partial charge >= 0.3 is 0 Å². The molecule has 0 radical (unpaired) electrons. The van der Waals surface area contributed by atoms with E-state index in [9.17, 15) is 23.6 Å². The van der Waals surface area contributed by atoms with Gasteiger partial charge in [0.1, 0.15) is 5.69 Å². The minimum absolute atomic E-state index is 0.0374. The minimum atomic E-state index is -3.72. The maximum absolute atomic E-state index is 12.8. The number of aliphatic hydroxyl groups excluding tert-OH is 1. The highest BCUT2D eigenvalue weighted by molar-refractivity contribution is 7.89. The molecule has 0 spiro atoms. The molecule has 1 aromatic rings. The van der Waals surface area contributed by atoms with Crippen molar-refractivity contribution in [2.24, 2.45) is 0 Å². The van der Waals surface area contributed by atoms with Crippen LogP contribution in [0.25, 0.3) is 0 Å². The van der Waals surface area contributed by atoms with Gasteiger partial charge in [0, 0.05) is 25.7 Å². The number of benzene rings is 1. The van der Waals surface area contributed by atoms with Crippen LogP contribution >= 0.6 is 0 Å². The number of anilines is 1. The zero-order valence-electron chi connectivity index (χ0n) is 14.0. The van der Waals surface area contributed by atoms with Gasteiger partial charge in [-0.2, -0.15) is 4.31 Å². The van der Waals surface area contributed by atoms with Gasteiger partial charge in [0.05, 0.1) is 22.5 Å². The Kier molecular flexibility index (Phi) is 5.26. The van der Waals surface area contributed by atoms with Crippen molar-refractivity contribution < 1.29 is 18.4 Å². The van der Waals surface area contributed by atoms with E-state index in [4.69, 9.17) is 0 Å². The normalized spacial score (nSPS) is 22.3. The molecule has 2 fully saturated rings. The number of aliphatic hydroxyl groups is 1. The zero-order valence-corrected chi connectivity index (χ0v) is 14.8. The molecule has 2 aliphatic heterocycles. The van der Waals surface area contributed by atoms with Gasteiger partial charge in [-0.3, -0.25) is 10.1 Å². The van der Waals surface area contributed by atoms with Crippen LogP contribution in [-0.4, -0.2) is 55.0 Å². The molecule has 0 aromatic heterocycles. The second-order valence-electron chi connectivity index (χ2n) is 6.54. The van der Waals surface area contributed by atoms with Crippen molar-refractivity contribution in [3.63, 3.8) is 0 Å². The molecule has 2 aliphatic rings. The highest BCUT2D eigenvalue weighted by atomic mass is 32.2. The molecule has 1 atom stereocenters. The number of nitrogens with zero attached hydrogens (tertiary/aromatic N) is 3. The average Bonchev–Trinajstić information content (AvgIpc) is 3.10. The van der Waals surface area contributed by atoms with Crippen molar-refractivity contribution in [1.82, 2.24) is 4.31 Å². The Morgan fingerprint density at radius 2 is 1.88 bits per heavy atom. The third-order valence-corrected chi connectivity index (χ3v) is 6.89. The second kappa shape index (κ2) is 7.27. The first-order valence-corrected chi connectivity index (χ1v) is 10.1. The molecule has 1 aromatic carbocycles. The van der Waals surface area contributed by atoms with Gasteiger partial charge < -0.3 is 10.0 Å². The number of sulfonamides is 1. The topological polar surface area (TPSA) is 104 Å². The Labute approximate surface area is 147 Å². The van der Waals surface area contributed by atoms with Crippen molar-refractivity contribution in [1.29, 1.82) is 0 Å². The summed E-state index contributed by atoms with van der Waals surface area (Å²) >= 11 is 0. The largest absolute Gasteiger partial charge is 0.394 e. The van der Waals surface area contributed by atoms with Crippen molar-refractivity contribution in [3.05, 3.63) is 28.3 Å². The summed E-state index contributed by atoms with van der Waals surface area (Å²) in [7, 11) is -3.72. The first-order chi connectivity index (χ1) is 11.9. The summed E-state index contributed by atoms with van der Waals surface area (Å²) in [4.78, 5) is 12.8. The lowest BCUT2D eigenvalue weighted by molar-refractivity contribution is -0.384. The van der Waals surface area contributed by atoms with Crippen LogP contribution in [0, 0.1) is 10.1 Å². The predicted octanol–water partition coefficient (Wildman–Crippen LogP) is 1.73. The number of hydrogen-bond acceptors (Lipinski definition) is 6. The molecule has 0 bridgehead atoms. The van der Waals surface area contributed by atoms with Gasteiger partial charge in [0.25, 0.3) is 5.69 Å². The summed E-state index contributed by atoms with van der Waals surface area (Å²) in [6.45, 7) is 1.45. The zero-order chi connectivity index (χ0) is 18.0. The fraction of sp³-hybridized carbons (Fsp3) is 0.625. The lowest BCUT2D eigenvalue weighted by atomic mass is 10.2. The van der Waals surface area contributed by atoms with Crippen molar-refractivity contribution in [2.45, 2.75) is 43.0 Å². The van der Waals surface area contributed by atoms with Crippen molar-refractivity contribution in [2.75, 3.05) is 31.1 Å². The van der Waals surface area contributed by atoms with Crippen molar-refractivity contribution in [3.8, 4) is 0 Å². The highest BCUT2D eigenvalue weighted by Gasteiger charge is 2.32. The SMILES string of the molecule is O=[N+]([O-])c1cc(S(=O)(=O)N2CCCCC2)ccc1N1CCC[C@@H]1CO. The Morgan fingerprint density at radius 3 is 2.52 bits per heavy atom. The van der Waals surface area contributed by atoms with Crippen LogP contribution in [0.3, 0.4) is 0 Å². The molecular formula is C16H23N3O5S. The molecule has 8 nitrogen and oxygen atoms in total. The van der Waals surface area contributed by atoms with Gasteiger partial charge in [-0.05, 0) is 37.8 Å². The quantitative estimate of drug-likeness (QED) is 0.626. The molecule has 0 aliphatic carbocycles. The van der Waals surface area contributed by atoms with Crippen LogP contribution < -0.4 is 4.90 Å². The van der Waals surface area contributed by atoms with Gasteiger partial charge in [-0.1, -0.05) is 6.42 Å². The summed E-state index contributed by atoms with van der Waals surface area (Å²) in [5, 5.41) is 21.0. The second-order valence-corrected chi connectivity index (χ2v) is 8.48. The van der Waals surface area contributed by atoms with E-state index in [1.165, 1.54) is 16.4 Å². The molecule has 1 N–H and O–H groups in total. The number of nitro benzene ring substituents is 1. The Balaban J connectivity index is 1.98. The highest BCUT2D eigenvalue weighted by Crippen LogP contribution is 2.36. The predicted molar refractivity (Wildman–Crippen MR) is 93.2 cm³/mol. The van der Waals surface area contributed by atoms with Gasteiger partial charge in [-0.15, -0.1) is 0 Å². The number of rotatable bonds is 5. The molecule has 0 unspecified atom stereocenters. The minimum Gasteiger partial charge on any atom is -0.394 e. The molecule has 138 valence electrons. The molecule has 25 heavy (non-hydrogen) atoms. The first kappa shape index (κ1) is 18.1. The third kappa shape index (κ3) is 3.49. The van der Waals surface area contributed by atoms with E-state index in [2.05, 4.69) is 0 Å². The Morgan fingerprint density at radius 1 is 1.16 bits per heavy atom. The number of hydrogen-bond donors (Lipinski definition) is 1. The van der Waals surface area contributed by atoms with E-state index in [0.29, 0.717) is 25.3 Å². The lowest BCUT2D eigenvalue weighted by Gasteiger charge is -2.27. The van der Waals surface area contributed by atoms with Crippen molar-refractivity contribution >= 4 is 21.4 Å². The van der Waals surface area contributed by atoms with Crippen LogP contribution in [0.2, 0.25) is 0 Å². The summed E-state index contributed by atoms with van der Waals surface area (Å²) in [5.74, 6) is 0. The molecule has 9 heteroatoms. The van der Waals surface area contributed by atoms with E-state index < -0.39 is 14.9 Å². The summed E-state index contributed by atoms with van der Waals surface area (Å²) in [5.41, 5.74) is 0.151.